The lowest BCUT2D eigenvalue weighted by molar-refractivity contribution is -0.519. The van der Waals surface area contributed by atoms with Crippen LogP contribution in [-0.2, 0) is 14.4 Å². The van der Waals surface area contributed by atoms with Crippen molar-refractivity contribution in [2.45, 2.75) is 31.7 Å². The Bertz CT molecular complexity index is 1280. The summed E-state index contributed by atoms with van der Waals surface area (Å²) in [5.41, 5.74) is 0.646. The number of nitrogens with one attached hydrogen (secondary N) is 3. The van der Waals surface area contributed by atoms with E-state index in [1.807, 2.05) is 24.4 Å². The summed E-state index contributed by atoms with van der Waals surface area (Å²) >= 11 is 1.51. The van der Waals surface area contributed by atoms with Crippen molar-refractivity contribution in [1.82, 2.24) is 30.2 Å². The molecule has 35 heavy (non-hydrogen) atoms. The highest BCUT2D eigenvalue weighted by molar-refractivity contribution is 7.13. The number of anilines is 1. The van der Waals surface area contributed by atoms with Crippen LogP contribution >= 0.6 is 11.3 Å². The fourth-order valence-electron chi connectivity index (χ4n) is 4.24. The number of hydrogen-bond donors (Lipinski definition) is 3. The molecule has 0 aliphatic carbocycles. The van der Waals surface area contributed by atoms with Gasteiger partial charge < -0.3 is 10.6 Å². The Labute approximate surface area is 204 Å². The summed E-state index contributed by atoms with van der Waals surface area (Å²) in [5.74, 6) is -0.339. The second kappa shape index (κ2) is 8.70. The minimum absolute atomic E-state index is 0.0736. The Kier molecular flexibility index (Phi) is 5.68. The van der Waals surface area contributed by atoms with E-state index >= 15 is 0 Å². The summed E-state index contributed by atoms with van der Waals surface area (Å²) in [6.45, 7) is 1.72. The zero-order chi connectivity index (χ0) is 24.9. The van der Waals surface area contributed by atoms with Gasteiger partial charge in [0, 0.05) is 32.6 Å². The van der Waals surface area contributed by atoms with Crippen LogP contribution in [0.2, 0.25) is 0 Å². The van der Waals surface area contributed by atoms with Gasteiger partial charge in [-0.1, -0.05) is 6.07 Å². The Morgan fingerprint density at radius 1 is 1.29 bits per heavy atom. The lowest BCUT2D eigenvalue weighted by atomic mass is 10.1. The monoisotopic (exact) mass is 498 g/mol. The molecular formula is C21H24N9O4S+. The number of aliphatic imine (C=N–C) groups is 1. The fraction of sp³-hybridized carbons (Fsp3) is 0.381. The molecule has 3 unspecified atom stereocenters. The van der Waals surface area contributed by atoms with Gasteiger partial charge in [-0.2, -0.15) is 5.10 Å². The van der Waals surface area contributed by atoms with Crippen molar-refractivity contribution in [3.05, 3.63) is 23.6 Å². The maximum Gasteiger partial charge on any atom is 0.333 e. The van der Waals surface area contributed by atoms with Crippen LogP contribution < -0.4 is 16.0 Å². The number of nitrogens with zero attached hydrogens (tertiary/aromatic N) is 6. The van der Waals surface area contributed by atoms with Gasteiger partial charge in [0.25, 0.3) is 30.0 Å². The third-order valence-corrected chi connectivity index (χ3v) is 6.87. The van der Waals surface area contributed by atoms with Crippen molar-refractivity contribution in [3.63, 3.8) is 0 Å². The standard InChI is InChI=1S/C21H23N9O4S/c1-11-7-15(31)25-20(23-11)30-14(8-12(26-30)13-5-4-6-35-13)24-16(32)9-29-10-22-18-17(29)19(33)28(3)21(34)27(18)2/h4-6,8,10-11,17,20,23H,7,9H2,1-3H3,(H-,24,25,26,31,32)/p+1. The van der Waals surface area contributed by atoms with Gasteiger partial charge in [0.15, 0.2) is 12.8 Å². The molecule has 182 valence electrons. The summed E-state index contributed by atoms with van der Waals surface area (Å²) in [5, 5.41) is 15.5. The van der Waals surface area contributed by atoms with E-state index in [2.05, 4.69) is 26.0 Å². The highest BCUT2D eigenvalue weighted by atomic mass is 32.1. The van der Waals surface area contributed by atoms with Crippen LogP contribution in [0.4, 0.5) is 10.6 Å². The predicted molar refractivity (Wildman–Crippen MR) is 127 cm³/mol. The average Bonchev–Trinajstić information content (AvgIpc) is 3.55. The number of amides is 5. The van der Waals surface area contributed by atoms with Crippen LogP contribution in [0.1, 0.15) is 19.6 Å². The van der Waals surface area contributed by atoms with Crippen LogP contribution in [0, 0.1) is 0 Å². The zero-order valence-electron chi connectivity index (χ0n) is 19.3. The van der Waals surface area contributed by atoms with Crippen molar-refractivity contribution in [1.29, 1.82) is 0 Å². The van der Waals surface area contributed by atoms with Crippen LogP contribution in [0.25, 0.3) is 10.6 Å². The molecule has 2 aromatic rings. The molecule has 5 heterocycles. The highest BCUT2D eigenvalue weighted by Gasteiger charge is 2.50. The molecule has 3 atom stereocenters. The molecule has 0 spiro atoms. The van der Waals surface area contributed by atoms with Crippen molar-refractivity contribution in [3.8, 4) is 10.6 Å². The largest absolute Gasteiger partial charge is 0.333 e. The fourth-order valence-corrected chi connectivity index (χ4v) is 4.92. The normalized spacial score (nSPS) is 24.2. The van der Waals surface area contributed by atoms with Gasteiger partial charge in [0.05, 0.1) is 4.88 Å². The predicted octanol–water partition coefficient (Wildman–Crippen LogP) is -0.150. The molecule has 13 nitrogen and oxygen atoms in total. The number of imide groups is 1. The molecule has 0 radical (unpaired) electrons. The molecule has 0 bridgehead atoms. The van der Waals surface area contributed by atoms with Crippen molar-refractivity contribution in [2.75, 3.05) is 26.0 Å². The number of amidine groups is 1. The third kappa shape index (κ3) is 4.10. The number of thiophene rings is 1. The Morgan fingerprint density at radius 3 is 2.80 bits per heavy atom. The second-order valence-corrected chi connectivity index (χ2v) is 9.49. The quantitative estimate of drug-likeness (QED) is 0.489. The van der Waals surface area contributed by atoms with E-state index in [9.17, 15) is 19.2 Å². The highest BCUT2D eigenvalue weighted by Crippen LogP contribution is 2.28. The Balaban J connectivity index is 1.37. The molecule has 2 fully saturated rings. The minimum Gasteiger partial charge on any atom is -0.322 e. The number of carbonyl (C=O) groups excluding carboxylic acids is 4. The van der Waals surface area contributed by atoms with E-state index in [4.69, 9.17) is 0 Å². The molecule has 5 rings (SSSR count). The number of aromatic nitrogens is 2. The van der Waals surface area contributed by atoms with E-state index in [1.165, 1.54) is 45.9 Å². The van der Waals surface area contributed by atoms with E-state index in [-0.39, 0.29) is 24.3 Å². The SMILES string of the molecule is CC1CC(=O)NC(n2nc(-c3cccs3)cc2NC(=O)C[N+]2=CN=C3C2C(=O)N(C)C(=O)N3C)N1. The van der Waals surface area contributed by atoms with Gasteiger partial charge >= 0.3 is 6.03 Å². The molecule has 3 aliphatic heterocycles. The van der Waals surface area contributed by atoms with Crippen LogP contribution in [0.3, 0.4) is 0 Å². The molecule has 5 amide bonds. The lowest BCUT2D eigenvalue weighted by Crippen LogP contribution is -2.61. The summed E-state index contributed by atoms with van der Waals surface area (Å²) in [6.07, 6.45) is 1.08. The van der Waals surface area contributed by atoms with Gasteiger partial charge in [-0.05, 0) is 23.4 Å². The summed E-state index contributed by atoms with van der Waals surface area (Å²) in [7, 11) is 2.93. The summed E-state index contributed by atoms with van der Waals surface area (Å²) in [6, 6.07) is 4.14. The molecule has 2 aromatic heterocycles. The van der Waals surface area contributed by atoms with Gasteiger partial charge in [0.1, 0.15) is 11.5 Å². The Morgan fingerprint density at radius 2 is 2.09 bits per heavy atom. The summed E-state index contributed by atoms with van der Waals surface area (Å²) in [4.78, 5) is 57.5. The van der Waals surface area contributed by atoms with Gasteiger partial charge in [-0.15, -0.1) is 11.3 Å². The number of carbonyl (C=O) groups is 4. The van der Waals surface area contributed by atoms with E-state index < -0.39 is 30.2 Å². The smallest absolute Gasteiger partial charge is 0.322 e. The molecular weight excluding hydrogens is 474 g/mol. The first-order valence-corrected chi connectivity index (χ1v) is 11.8. The number of fused-ring (bicyclic) bond motifs is 1. The minimum atomic E-state index is -0.861. The maximum atomic E-state index is 13.1. The zero-order valence-corrected chi connectivity index (χ0v) is 20.1. The number of urea groups is 1. The van der Waals surface area contributed by atoms with Crippen LogP contribution in [0.15, 0.2) is 28.6 Å². The first-order chi connectivity index (χ1) is 16.7. The number of likely N-dealkylation sites (N-methyl/N-ethyl adjacent to an activating group) is 2. The average molecular weight is 499 g/mol. The number of hydrogen-bond acceptors (Lipinski definition) is 8. The molecule has 3 aliphatic rings. The van der Waals surface area contributed by atoms with Gasteiger partial charge in [-0.3, -0.25) is 29.5 Å². The molecule has 0 aromatic carbocycles. The third-order valence-electron chi connectivity index (χ3n) is 5.98. The number of rotatable bonds is 5. The van der Waals surface area contributed by atoms with Crippen LogP contribution in [-0.4, -0.2) is 92.8 Å². The van der Waals surface area contributed by atoms with E-state index in [1.54, 1.807) is 6.07 Å². The molecule has 3 N–H and O–H groups in total. The van der Waals surface area contributed by atoms with Crippen molar-refractivity contribution < 1.29 is 23.8 Å². The molecule has 0 saturated carbocycles. The Hall–Kier alpha value is -3.91. The lowest BCUT2D eigenvalue weighted by Gasteiger charge is -2.31. The van der Waals surface area contributed by atoms with Crippen molar-refractivity contribution in [2.24, 2.45) is 4.99 Å². The van der Waals surface area contributed by atoms with E-state index in [0.29, 0.717) is 17.9 Å². The molecule has 14 heteroatoms. The first kappa shape index (κ1) is 22.9. The molecule has 2 saturated heterocycles. The maximum absolute atomic E-state index is 13.1. The topological polar surface area (TPSA) is 144 Å². The van der Waals surface area contributed by atoms with Gasteiger partial charge in [0.2, 0.25) is 5.91 Å². The van der Waals surface area contributed by atoms with Crippen molar-refractivity contribution >= 4 is 53.1 Å². The first-order valence-electron chi connectivity index (χ1n) is 10.9. The van der Waals surface area contributed by atoms with Crippen LogP contribution in [0.5, 0.6) is 0 Å². The second-order valence-electron chi connectivity index (χ2n) is 8.54. The van der Waals surface area contributed by atoms with E-state index in [0.717, 1.165) is 9.78 Å². The van der Waals surface area contributed by atoms with Gasteiger partial charge in [-0.25, -0.2) is 14.1 Å². The summed E-state index contributed by atoms with van der Waals surface area (Å²) < 4.78 is 3.01.